The van der Waals surface area contributed by atoms with Crippen LogP contribution in [0.5, 0.6) is 0 Å². The summed E-state index contributed by atoms with van der Waals surface area (Å²) in [6.07, 6.45) is 3.39. The molecule has 1 aromatic rings. The average molecular weight is 344 g/mol. The molecule has 0 bridgehead atoms. The molecule has 25 heavy (non-hydrogen) atoms. The van der Waals surface area contributed by atoms with E-state index in [9.17, 15) is 4.79 Å². The van der Waals surface area contributed by atoms with Crippen molar-refractivity contribution in [2.45, 2.75) is 57.4 Å². The highest BCUT2D eigenvalue weighted by molar-refractivity contribution is 5.75. The first-order chi connectivity index (χ1) is 12.1. The van der Waals surface area contributed by atoms with Gasteiger partial charge in [0.1, 0.15) is 0 Å². The second-order valence-corrected chi connectivity index (χ2v) is 8.10. The van der Waals surface area contributed by atoms with Crippen molar-refractivity contribution in [1.82, 2.24) is 10.6 Å². The van der Waals surface area contributed by atoms with Gasteiger partial charge in [-0.2, -0.15) is 0 Å². The maximum Gasteiger partial charge on any atom is 0.315 e. The summed E-state index contributed by atoms with van der Waals surface area (Å²) in [5.41, 5.74) is 1.09. The number of fused-ring (bicyclic) bond motifs is 1. The molecule has 0 radical (unpaired) electrons. The summed E-state index contributed by atoms with van der Waals surface area (Å²) in [5.74, 6) is 0.443. The zero-order valence-electron chi connectivity index (χ0n) is 15.0. The third kappa shape index (κ3) is 3.04. The predicted molar refractivity (Wildman–Crippen MR) is 95.2 cm³/mol. The van der Waals surface area contributed by atoms with Crippen LogP contribution in [0.1, 0.15) is 44.7 Å². The third-order valence-electron chi connectivity index (χ3n) is 6.17. The molecule has 1 aliphatic carbocycles. The van der Waals surface area contributed by atoms with Crippen LogP contribution < -0.4 is 10.6 Å². The number of rotatable bonds is 4. The van der Waals surface area contributed by atoms with Crippen LogP contribution in [0.4, 0.5) is 4.79 Å². The summed E-state index contributed by atoms with van der Waals surface area (Å²) in [4.78, 5) is 12.7. The van der Waals surface area contributed by atoms with Gasteiger partial charge in [0.05, 0.1) is 18.2 Å². The van der Waals surface area contributed by atoms with E-state index >= 15 is 0 Å². The Labute approximate surface area is 149 Å². The van der Waals surface area contributed by atoms with Gasteiger partial charge in [0.15, 0.2) is 0 Å². The Morgan fingerprint density at radius 1 is 1.16 bits per heavy atom. The molecule has 2 amide bonds. The van der Waals surface area contributed by atoms with Crippen LogP contribution in [0.3, 0.4) is 0 Å². The van der Waals surface area contributed by atoms with Crippen LogP contribution in [0.25, 0.3) is 0 Å². The number of carbonyl (C=O) groups excluding carboxylic acids is 1. The highest BCUT2D eigenvalue weighted by Crippen LogP contribution is 2.52. The third-order valence-corrected chi connectivity index (χ3v) is 6.17. The average Bonchev–Trinajstić information content (AvgIpc) is 3.29. The number of hydrogen-bond acceptors (Lipinski definition) is 3. The first-order valence-electron chi connectivity index (χ1n) is 9.42. The maximum atomic E-state index is 12.7. The minimum absolute atomic E-state index is 0.00932. The van der Waals surface area contributed by atoms with Crippen LogP contribution >= 0.6 is 0 Å². The molecule has 136 valence electrons. The summed E-state index contributed by atoms with van der Waals surface area (Å²) in [6.45, 7) is 5.94. The van der Waals surface area contributed by atoms with Crippen molar-refractivity contribution >= 4 is 6.03 Å². The minimum Gasteiger partial charge on any atom is -0.377 e. The summed E-state index contributed by atoms with van der Waals surface area (Å²) < 4.78 is 11.7. The number of urea groups is 1. The molecule has 4 rings (SSSR count). The second kappa shape index (κ2) is 6.61. The van der Waals surface area contributed by atoms with Crippen molar-refractivity contribution in [2.24, 2.45) is 11.3 Å². The molecule has 2 saturated heterocycles. The minimum atomic E-state index is -0.109. The molecule has 3 fully saturated rings. The lowest BCUT2D eigenvalue weighted by Gasteiger charge is -2.54. The zero-order valence-corrected chi connectivity index (χ0v) is 15.0. The molecular weight excluding hydrogens is 316 g/mol. The number of benzene rings is 1. The Kier molecular flexibility index (Phi) is 4.46. The van der Waals surface area contributed by atoms with Crippen LogP contribution in [0.2, 0.25) is 0 Å². The Balaban J connectivity index is 1.44. The van der Waals surface area contributed by atoms with E-state index in [1.807, 2.05) is 18.2 Å². The standard InChI is InChI=1S/C20H28N2O3/c1-20(2)17(14-10-12-25-18(14)20)22-19(23)21-16(15-9-6-11-24-15)13-7-4-3-5-8-13/h3-5,7-8,14-18H,6,9-12H2,1-2H3,(H2,21,22,23)/t14-,15+,16-,17-,18-/m1/s1. The van der Waals surface area contributed by atoms with E-state index in [-0.39, 0.29) is 35.7 Å². The van der Waals surface area contributed by atoms with E-state index in [0.29, 0.717) is 5.92 Å². The molecule has 2 N–H and O–H groups in total. The zero-order chi connectivity index (χ0) is 17.4. The maximum absolute atomic E-state index is 12.7. The molecular formula is C20H28N2O3. The molecule has 5 heteroatoms. The number of ether oxygens (including phenoxy) is 2. The molecule has 2 heterocycles. The normalized spacial score (nSPS) is 34.0. The second-order valence-electron chi connectivity index (χ2n) is 8.10. The number of amides is 2. The van der Waals surface area contributed by atoms with Gasteiger partial charge in [0.25, 0.3) is 0 Å². The molecule has 5 atom stereocenters. The monoisotopic (exact) mass is 344 g/mol. The van der Waals surface area contributed by atoms with E-state index in [1.165, 1.54) is 0 Å². The molecule has 5 nitrogen and oxygen atoms in total. The van der Waals surface area contributed by atoms with E-state index in [0.717, 1.165) is 38.0 Å². The van der Waals surface area contributed by atoms with Gasteiger partial charge >= 0.3 is 6.03 Å². The first kappa shape index (κ1) is 16.9. The molecule has 0 unspecified atom stereocenters. The summed E-state index contributed by atoms with van der Waals surface area (Å²) >= 11 is 0. The largest absolute Gasteiger partial charge is 0.377 e. The number of carbonyl (C=O) groups is 1. The van der Waals surface area contributed by atoms with Gasteiger partial charge in [-0.25, -0.2) is 4.79 Å². The molecule has 0 aromatic heterocycles. The van der Waals surface area contributed by atoms with Crippen molar-refractivity contribution in [3.63, 3.8) is 0 Å². The Bertz CT molecular complexity index is 613. The van der Waals surface area contributed by atoms with E-state index in [1.54, 1.807) is 0 Å². The SMILES string of the molecule is CC1(C)[C@H](NC(=O)N[C@H](c2ccccc2)[C@@H]2CCCO2)[C@H]2CCO[C@H]21. The van der Waals surface area contributed by atoms with Crippen molar-refractivity contribution in [3.05, 3.63) is 35.9 Å². The van der Waals surface area contributed by atoms with Crippen molar-refractivity contribution < 1.29 is 14.3 Å². The fraction of sp³-hybridized carbons (Fsp3) is 0.650. The van der Waals surface area contributed by atoms with Crippen LogP contribution in [0.15, 0.2) is 30.3 Å². The fourth-order valence-electron chi connectivity index (χ4n) is 4.86. The molecule has 3 aliphatic rings. The summed E-state index contributed by atoms with van der Waals surface area (Å²) in [5, 5.41) is 6.39. The highest BCUT2D eigenvalue weighted by atomic mass is 16.5. The topological polar surface area (TPSA) is 59.6 Å². The number of hydrogen-bond donors (Lipinski definition) is 2. The number of nitrogens with one attached hydrogen (secondary N) is 2. The lowest BCUT2D eigenvalue weighted by Crippen LogP contribution is -2.67. The smallest absolute Gasteiger partial charge is 0.315 e. The fourth-order valence-corrected chi connectivity index (χ4v) is 4.86. The predicted octanol–water partition coefficient (Wildman–Crippen LogP) is 3.02. The Hall–Kier alpha value is -1.59. The first-order valence-corrected chi connectivity index (χ1v) is 9.42. The molecule has 0 spiro atoms. The lowest BCUT2D eigenvalue weighted by molar-refractivity contribution is -0.108. The molecule has 2 aliphatic heterocycles. The van der Waals surface area contributed by atoms with Crippen molar-refractivity contribution in [3.8, 4) is 0 Å². The Morgan fingerprint density at radius 2 is 1.96 bits per heavy atom. The van der Waals surface area contributed by atoms with Gasteiger partial charge in [-0.1, -0.05) is 44.2 Å². The van der Waals surface area contributed by atoms with Crippen molar-refractivity contribution in [1.29, 1.82) is 0 Å². The van der Waals surface area contributed by atoms with Gasteiger partial charge in [-0.15, -0.1) is 0 Å². The molecule has 1 saturated carbocycles. The van der Waals surface area contributed by atoms with E-state index in [2.05, 4.69) is 36.6 Å². The quantitative estimate of drug-likeness (QED) is 0.883. The van der Waals surface area contributed by atoms with Crippen LogP contribution in [0, 0.1) is 11.3 Å². The van der Waals surface area contributed by atoms with Crippen molar-refractivity contribution in [2.75, 3.05) is 13.2 Å². The summed E-state index contributed by atoms with van der Waals surface area (Å²) in [7, 11) is 0. The van der Waals surface area contributed by atoms with Gasteiger partial charge < -0.3 is 20.1 Å². The lowest BCUT2D eigenvalue weighted by atomic mass is 9.57. The van der Waals surface area contributed by atoms with Gasteiger partial charge in [0.2, 0.25) is 0 Å². The van der Waals surface area contributed by atoms with E-state index in [4.69, 9.17) is 9.47 Å². The van der Waals surface area contributed by atoms with Gasteiger partial charge in [-0.3, -0.25) is 0 Å². The summed E-state index contributed by atoms with van der Waals surface area (Å²) in [6, 6.07) is 10.1. The molecule has 1 aromatic carbocycles. The van der Waals surface area contributed by atoms with Crippen LogP contribution in [-0.2, 0) is 9.47 Å². The van der Waals surface area contributed by atoms with Crippen LogP contribution in [-0.4, -0.2) is 37.5 Å². The highest BCUT2D eigenvalue weighted by Gasteiger charge is 2.59. The Morgan fingerprint density at radius 3 is 2.68 bits per heavy atom. The van der Waals surface area contributed by atoms with Gasteiger partial charge in [0, 0.05) is 30.6 Å². The van der Waals surface area contributed by atoms with Gasteiger partial charge in [-0.05, 0) is 24.8 Å². The van der Waals surface area contributed by atoms with E-state index < -0.39 is 0 Å².